The predicted octanol–water partition coefficient (Wildman–Crippen LogP) is 2.58. The zero-order valence-corrected chi connectivity index (χ0v) is 12.5. The third-order valence-corrected chi connectivity index (χ3v) is 3.16. The van der Waals surface area contributed by atoms with Crippen molar-refractivity contribution >= 4 is 27.5 Å². The summed E-state index contributed by atoms with van der Waals surface area (Å²) in [5.74, 6) is 1.11. The molecule has 8 heteroatoms. The second-order valence-corrected chi connectivity index (χ2v) is 4.96. The number of anilines is 1. The van der Waals surface area contributed by atoms with Gasteiger partial charge in [0.1, 0.15) is 5.82 Å². The van der Waals surface area contributed by atoms with Gasteiger partial charge >= 0.3 is 0 Å². The van der Waals surface area contributed by atoms with Crippen molar-refractivity contribution in [3.8, 4) is 5.95 Å². The molecule has 0 aliphatic heterocycles. The van der Waals surface area contributed by atoms with Gasteiger partial charge in [-0.05, 0) is 35.0 Å². The third-order valence-electron chi connectivity index (χ3n) is 2.73. The zero-order valence-electron chi connectivity index (χ0n) is 10.9. The maximum absolute atomic E-state index is 11.9. The minimum absolute atomic E-state index is 0.205. The largest absolute Gasteiger partial charge is 0.444 e. The highest BCUT2D eigenvalue weighted by atomic mass is 79.9. The van der Waals surface area contributed by atoms with E-state index in [0.29, 0.717) is 16.3 Å². The first-order valence-corrected chi connectivity index (χ1v) is 6.82. The number of hydrogen-bond acceptors (Lipinski definition) is 5. The number of rotatable bonds is 3. The number of nitrogens with one attached hydrogen (secondary N) is 1. The molecule has 0 spiro atoms. The van der Waals surface area contributed by atoms with Crippen LogP contribution in [0.25, 0.3) is 5.95 Å². The summed E-state index contributed by atoms with van der Waals surface area (Å²) < 4.78 is 7.41. The Hall–Kier alpha value is -2.48. The van der Waals surface area contributed by atoms with E-state index < -0.39 is 0 Å². The number of aromatic nitrogens is 4. The Balaban J connectivity index is 1.76. The maximum Gasteiger partial charge on any atom is 0.291 e. The fourth-order valence-corrected chi connectivity index (χ4v) is 2.04. The minimum Gasteiger partial charge on any atom is -0.444 e. The molecule has 3 aromatic rings. The summed E-state index contributed by atoms with van der Waals surface area (Å²) in [6, 6.07) is 3.22. The first-order valence-electron chi connectivity index (χ1n) is 6.02. The third kappa shape index (κ3) is 2.84. The van der Waals surface area contributed by atoms with Crippen molar-refractivity contribution in [2.45, 2.75) is 6.92 Å². The molecule has 0 radical (unpaired) electrons. The van der Waals surface area contributed by atoms with E-state index >= 15 is 0 Å². The lowest BCUT2D eigenvalue weighted by Crippen LogP contribution is -2.12. The summed E-state index contributed by atoms with van der Waals surface area (Å²) >= 11 is 3.14. The summed E-state index contributed by atoms with van der Waals surface area (Å²) in [6.07, 6.45) is 6.49. The van der Waals surface area contributed by atoms with E-state index in [9.17, 15) is 4.79 Å². The van der Waals surface area contributed by atoms with E-state index in [1.54, 1.807) is 29.1 Å². The van der Waals surface area contributed by atoms with Crippen LogP contribution >= 0.6 is 15.9 Å². The smallest absolute Gasteiger partial charge is 0.291 e. The fraction of sp³-hybridized carbons (Fsp3) is 0.0769. The first-order chi connectivity index (χ1) is 10.1. The van der Waals surface area contributed by atoms with E-state index in [-0.39, 0.29) is 11.7 Å². The normalized spacial score (nSPS) is 10.6. The number of carbonyl (C=O) groups is 1. The predicted molar refractivity (Wildman–Crippen MR) is 78.3 cm³/mol. The van der Waals surface area contributed by atoms with Crippen molar-refractivity contribution < 1.29 is 9.21 Å². The van der Waals surface area contributed by atoms with Crippen LogP contribution in [-0.4, -0.2) is 25.4 Å². The van der Waals surface area contributed by atoms with E-state index in [4.69, 9.17) is 4.42 Å². The monoisotopic (exact) mass is 347 g/mol. The van der Waals surface area contributed by atoms with Crippen LogP contribution in [0.15, 0.2) is 46.0 Å². The lowest BCUT2D eigenvalue weighted by atomic mass is 10.4. The van der Waals surface area contributed by atoms with Crippen LogP contribution in [0.1, 0.15) is 16.4 Å². The van der Waals surface area contributed by atoms with Crippen molar-refractivity contribution in [2.24, 2.45) is 0 Å². The van der Waals surface area contributed by atoms with Crippen LogP contribution in [0.2, 0.25) is 0 Å². The molecule has 0 aliphatic rings. The Kier molecular flexibility index (Phi) is 3.53. The Bertz CT molecular complexity index is 778. The topological polar surface area (TPSA) is 85.8 Å². The molecule has 0 saturated heterocycles. The molecule has 0 unspecified atom stereocenters. The summed E-state index contributed by atoms with van der Waals surface area (Å²) in [4.78, 5) is 24.4. The second kappa shape index (κ2) is 5.49. The van der Waals surface area contributed by atoms with Crippen LogP contribution in [0, 0.1) is 6.92 Å². The Morgan fingerprint density at radius 1 is 1.29 bits per heavy atom. The fourth-order valence-electron chi connectivity index (χ4n) is 1.73. The minimum atomic E-state index is -0.365. The van der Waals surface area contributed by atoms with E-state index in [2.05, 4.69) is 36.2 Å². The highest BCUT2D eigenvalue weighted by Gasteiger charge is 2.11. The molecule has 3 heterocycles. The number of hydrogen-bond donors (Lipinski definition) is 1. The van der Waals surface area contributed by atoms with Gasteiger partial charge in [-0.1, -0.05) is 0 Å². The van der Waals surface area contributed by atoms with Gasteiger partial charge in [0.2, 0.25) is 5.95 Å². The van der Waals surface area contributed by atoms with E-state index in [1.807, 2.05) is 6.92 Å². The highest BCUT2D eigenvalue weighted by Crippen LogP contribution is 2.15. The summed E-state index contributed by atoms with van der Waals surface area (Å²) in [7, 11) is 0. The Morgan fingerprint density at radius 2 is 2.05 bits per heavy atom. The molecule has 0 bridgehead atoms. The lowest BCUT2D eigenvalue weighted by molar-refractivity contribution is 0.0995. The molecular weight excluding hydrogens is 338 g/mol. The molecular formula is C13H10BrN5O2. The number of furan rings is 1. The van der Waals surface area contributed by atoms with Gasteiger partial charge in [-0.15, -0.1) is 0 Å². The van der Waals surface area contributed by atoms with Gasteiger partial charge < -0.3 is 9.73 Å². The van der Waals surface area contributed by atoms with Crippen molar-refractivity contribution in [2.75, 3.05) is 5.32 Å². The maximum atomic E-state index is 11.9. The van der Waals surface area contributed by atoms with Crippen LogP contribution in [0.3, 0.4) is 0 Å². The van der Waals surface area contributed by atoms with Gasteiger partial charge in [-0.25, -0.2) is 15.0 Å². The molecule has 0 saturated carbocycles. The molecule has 106 valence electrons. The summed E-state index contributed by atoms with van der Waals surface area (Å²) in [5, 5.41) is 2.66. The number of aryl methyl sites for hydroxylation is 1. The summed E-state index contributed by atoms with van der Waals surface area (Å²) in [5.41, 5.74) is 0.481. The van der Waals surface area contributed by atoms with Gasteiger partial charge in [0.15, 0.2) is 10.4 Å². The Morgan fingerprint density at radius 3 is 2.62 bits per heavy atom. The van der Waals surface area contributed by atoms with E-state index in [0.717, 1.165) is 5.82 Å². The number of carbonyl (C=O) groups excluding carboxylic acids is 1. The molecule has 0 fully saturated rings. The van der Waals surface area contributed by atoms with Crippen LogP contribution in [-0.2, 0) is 0 Å². The highest BCUT2D eigenvalue weighted by molar-refractivity contribution is 9.10. The number of amides is 1. The summed E-state index contributed by atoms with van der Waals surface area (Å²) in [6.45, 7) is 1.85. The Labute approximate surface area is 128 Å². The molecule has 1 amide bonds. The van der Waals surface area contributed by atoms with Gasteiger partial charge in [-0.3, -0.25) is 9.36 Å². The molecule has 7 nitrogen and oxygen atoms in total. The molecule has 0 atom stereocenters. The van der Waals surface area contributed by atoms with Gasteiger partial charge in [0.05, 0.1) is 18.1 Å². The number of nitrogens with zero attached hydrogens (tertiary/aromatic N) is 4. The zero-order chi connectivity index (χ0) is 14.8. The SMILES string of the molecule is Cc1nccn1-c1ncc(NC(=O)c2ccc(Br)o2)cn1. The standard InChI is InChI=1S/C13H10BrN5O2/c1-8-15-4-5-19(8)13-16-6-9(7-17-13)18-12(20)10-2-3-11(14)21-10/h2-7H,1H3,(H,18,20). The van der Waals surface area contributed by atoms with Crippen molar-refractivity contribution in [1.82, 2.24) is 19.5 Å². The molecule has 0 aliphatic carbocycles. The number of imidazole rings is 1. The van der Waals surface area contributed by atoms with Crippen molar-refractivity contribution in [1.29, 1.82) is 0 Å². The quantitative estimate of drug-likeness (QED) is 0.786. The van der Waals surface area contributed by atoms with Crippen LogP contribution < -0.4 is 5.32 Å². The first kappa shape index (κ1) is 13.5. The van der Waals surface area contributed by atoms with E-state index in [1.165, 1.54) is 12.4 Å². The molecule has 21 heavy (non-hydrogen) atoms. The average Bonchev–Trinajstić information content (AvgIpc) is 3.08. The lowest BCUT2D eigenvalue weighted by Gasteiger charge is -2.05. The number of halogens is 1. The molecule has 0 aromatic carbocycles. The molecule has 3 aromatic heterocycles. The molecule has 3 rings (SSSR count). The van der Waals surface area contributed by atoms with Gasteiger partial charge in [0, 0.05) is 12.4 Å². The van der Waals surface area contributed by atoms with Gasteiger partial charge in [-0.2, -0.15) is 0 Å². The molecule has 1 N–H and O–H groups in total. The average molecular weight is 348 g/mol. The van der Waals surface area contributed by atoms with Gasteiger partial charge in [0.25, 0.3) is 5.91 Å². The van der Waals surface area contributed by atoms with Crippen molar-refractivity contribution in [3.05, 3.63) is 53.2 Å². The van der Waals surface area contributed by atoms with Crippen LogP contribution in [0.4, 0.5) is 5.69 Å². The second-order valence-electron chi connectivity index (χ2n) is 4.17. The van der Waals surface area contributed by atoms with Crippen LogP contribution in [0.5, 0.6) is 0 Å². The van der Waals surface area contributed by atoms with Crippen molar-refractivity contribution in [3.63, 3.8) is 0 Å².